The van der Waals surface area contributed by atoms with Crippen molar-refractivity contribution >= 4 is 28.7 Å². The second kappa shape index (κ2) is 7.83. The molecule has 9 heteroatoms. The van der Waals surface area contributed by atoms with Crippen LogP contribution in [0.1, 0.15) is 12.8 Å². The molecule has 1 aromatic carbocycles. The van der Waals surface area contributed by atoms with Crippen LogP contribution in [-0.2, 0) is 18.9 Å². The van der Waals surface area contributed by atoms with Crippen LogP contribution in [0.5, 0.6) is 0 Å². The fourth-order valence-electron chi connectivity index (χ4n) is 3.58. The molecule has 1 fully saturated rings. The van der Waals surface area contributed by atoms with Gasteiger partial charge >= 0.3 is 11.7 Å². The normalized spacial score (nSPS) is 17.8. The zero-order chi connectivity index (χ0) is 19.6. The molecule has 1 aliphatic rings. The predicted octanol–water partition coefficient (Wildman–Crippen LogP) is 0.196. The molecule has 27 heavy (non-hydrogen) atoms. The van der Waals surface area contributed by atoms with E-state index in [-0.39, 0.29) is 23.5 Å². The molecule has 0 bridgehead atoms. The average molecular weight is 374 g/mol. The fourth-order valence-corrected chi connectivity index (χ4v) is 3.58. The number of piperidine rings is 1. The first-order valence-electron chi connectivity index (χ1n) is 9.09. The zero-order valence-electron chi connectivity index (χ0n) is 15.7. The average Bonchev–Trinajstić information content (AvgIpc) is 2.86. The number of likely N-dealkylation sites (tertiary alicyclic amines) is 1. The van der Waals surface area contributed by atoms with Gasteiger partial charge in [-0.3, -0.25) is 13.9 Å². The minimum absolute atomic E-state index is 0.100. The number of benzene rings is 1. The molecule has 1 aromatic heterocycles. The second-order valence-electron chi connectivity index (χ2n) is 7.03. The summed E-state index contributed by atoms with van der Waals surface area (Å²) < 4.78 is 3.11. The summed E-state index contributed by atoms with van der Waals surface area (Å²) in [5.41, 5.74) is 7.46. The van der Waals surface area contributed by atoms with Gasteiger partial charge in [-0.1, -0.05) is 0 Å². The Morgan fingerprint density at radius 2 is 1.96 bits per heavy atom. The number of amides is 3. The van der Waals surface area contributed by atoms with Crippen molar-refractivity contribution in [2.45, 2.75) is 12.8 Å². The lowest BCUT2D eigenvalue weighted by Gasteiger charge is -2.31. The largest absolute Gasteiger partial charge is 0.369 e. The maximum atomic E-state index is 12.1. The Labute approximate surface area is 157 Å². The van der Waals surface area contributed by atoms with Gasteiger partial charge in [-0.25, -0.2) is 9.59 Å². The third kappa shape index (κ3) is 4.13. The lowest BCUT2D eigenvalue weighted by molar-refractivity contribution is -0.123. The number of hydrogen-bond acceptors (Lipinski definition) is 4. The topological polar surface area (TPSA) is 114 Å². The molecule has 0 aliphatic carbocycles. The number of rotatable bonds is 5. The summed E-state index contributed by atoms with van der Waals surface area (Å²) in [6.07, 6.45) is 1.78. The highest BCUT2D eigenvalue weighted by Gasteiger charge is 2.23. The quantitative estimate of drug-likeness (QED) is 0.693. The Morgan fingerprint density at radius 1 is 1.22 bits per heavy atom. The van der Waals surface area contributed by atoms with Crippen molar-refractivity contribution in [3.63, 3.8) is 0 Å². The first kappa shape index (κ1) is 19.0. The SMILES string of the molecule is Cn1c(=O)n(C)c2cc(NC(=O)NCCN3CCCC(C(N)=O)C3)ccc21. The number of fused-ring (bicyclic) bond motifs is 1. The van der Waals surface area contributed by atoms with Crippen molar-refractivity contribution in [2.75, 3.05) is 31.5 Å². The highest BCUT2D eigenvalue weighted by atomic mass is 16.2. The third-order valence-electron chi connectivity index (χ3n) is 5.15. The Balaban J connectivity index is 1.52. The summed E-state index contributed by atoms with van der Waals surface area (Å²) in [4.78, 5) is 37.6. The van der Waals surface area contributed by atoms with Gasteiger partial charge < -0.3 is 21.3 Å². The fraction of sp³-hybridized carbons (Fsp3) is 0.500. The number of hydrogen-bond donors (Lipinski definition) is 3. The summed E-state index contributed by atoms with van der Waals surface area (Å²) in [6.45, 7) is 2.70. The maximum Gasteiger partial charge on any atom is 0.328 e. The van der Waals surface area contributed by atoms with Crippen molar-refractivity contribution < 1.29 is 9.59 Å². The van der Waals surface area contributed by atoms with Crippen molar-refractivity contribution in [2.24, 2.45) is 25.7 Å². The van der Waals surface area contributed by atoms with Gasteiger partial charge in [0.15, 0.2) is 0 Å². The van der Waals surface area contributed by atoms with Crippen LogP contribution in [0.2, 0.25) is 0 Å². The smallest absolute Gasteiger partial charge is 0.328 e. The minimum atomic E-state index is -0.307. The van der Waals surface area contributed by atoms with Crippen LogP contribution in [0, 0.1) is 5.92 Å². The van der Waals surface area contributed by atoms with Crippen LogP contribution in [0.4, 0.5) is 10.5 Å². The van der Waals surface area contributed by atoms with E-state index in [2.05, 4.69) is 15.5 Å². The molecule has 1 aliphatic heterocycles. The van der Waals surface area contributed by atoms with E-state index in [1.54, 1.807) is 35.4 Å². The van der Waals surface area contributed by atoms with Gasteiger partial charge in [-0.15, -0.1) is 0 Å². The Bertz CT molecular complexity index is 916. The Morgan fingerprint density at radius 3 is 2.70 bits per heavy atom. The summed E-state index contributed by atoms with van der Waals surface area (Å²) >= 11 is 0. The molecule has 4 N–H and O–H groups in total. The first-order valence-corrected chi connectivity index (χ1v) is 9.09. The third-order valence-corrected chi connectivity index (χ3v) is 5.15. The van der Waals surface area contributed by atoms with E-state index in [0.29, 0.717) is 25.3 Å². The van der Waals surface area contributed by atoms with Gasteiger partial charge in [0.2, 0.25) is 5.91 Å². The molecular formula is C18H26N6O3. The summed E-state index contributed by atoms with van der Waals surface area (Å²) in [5.74, 6) is -0.354. The van der Waals surface area contributed by atoms with Gasteiger partial charge in [0.25, 0.3) is 0 Å². The summed E-state index contributed by atoms with van der Waals surface area (Å²) in [6, 6.07) is 5.05. The number of carbonyl (C=O) groups excluding carboxylic acids is 2. The van der Waals surface area contributed by atoms with E-state index in [1.165, 1.54) is 0 Å². The molecule has 0 spiro atoms. The number of nitrogens with two attached hydrogens (primary N) is 1. The molecule has 146 valence electrons. The molecule has 1 atom stereocenters. The van der Waals surface area contributed by atoms with Gasteiger partial charge in [0.1, 0.15) is 0 Å². The zero-order valence-corrected chi connectivity index (χ0v) is 15.7. The molecule has 2 heterocycles. The molecule has 3 rings (SSSR count). The number of anilines is 1. The van der Waals surface area contributed by atoms with Crippen molar-refractivity contribution in [3.8, 4) is 0 Å². The number of aromatic nitrogens is 2. The predicted molar refractivity (Wildman–Crippen MR) is 104 cm³/mol. The van der Waals surface area contributed by atoms with E-state index in [1.807, 2.05) is 6.07 Å². The number of imidazole rings is 1. The van der Waals surface area contributed by atoms with E-state index < -0.39 is 0 Å². The molecule has 1 unspecified atom stereocenters. The van der Waals surface area contributed by atoms with E-state index >= 15 is 0 Å². The number of nitrogens with one attached hydrogen (secondary N) is 2. The van der Waals surface area contributed by atoms with Gasteiger partial charge in [0, 0.05) is 39.4 Å². The van der Waals surface area contributed by atoms with Crippen LogP contribution in [-0.4, -0.2) is 52.2 Å². The highest BCUT2D eigenvalue weighted by molar-refractivity contribution is 5.92. The number of aryl methyl sites for hydroxylation is 2. The lowest BCUT2D eigenvalue weighted by Crippen LogP contribution is -2.44. The summed E-state index contributed by atoms with van der Waals surface area (Å²) in [7, 11) is 3.42. The summed E-state index contributed by atoms with van der Waals surface area (Å²) in [5, 5.41) is 5.61. The maximum absolute atomic E-state index is 12.1. The van der Waals surface area contributed by atoms with Crippen LogP contribution < -0.4 is 22.1 Å². The van der Waals surface area contributed by atoms with E-state index in [0.717, 1.165) is 30.4 Å². The van der Waals surface area contributed by atoms with Crippen LogP contribution in [0.15, 0.2) is 23.0 Å². The van der Waals surface area contributed by atoms with E-state index in [9.17, 15) is 14.4 Å². The minimum Gasteiger partial charge on any atom is -0.369 e. The lowest BCUT2D eigenvalue weighted by atomic mass is 9.97. The monoisotopic (exact) mass is 374 g/mol. The molecular weight excluding hydrogens is 348 g/mol. The van der Waals surface area contributed by atoms with Crippen molar-refractivity contribution in [1.29, 1.82) is 0 Å². The first-order chi connectivity index (χ1) is 12.9. The Kier molecular flexibility index (Phi) is 5.50. The van der Waals surface area contributed by atoms with Crippen molar-refractivity contribution in [1.82, 2.24) is 19.4 Å². The van der Waals surface area contributed by atoms with E-state index in [4.69, 9.17) is 5.73 Å². The molecule has 3 amide bonds. The highest BCUT2D eigenvalue weighted by Crippen LogP contribution is 2.17. The molecule has 9 nitrogen and oxygen atoms in total. The Hall–Kier alpha value is -2.81. The number of urea groups is 1. The molecule has 0 radical (unpaired) electrons. The number of primary amides is 1. The van der Waals surface area contributed by atoms with Crippen LogP contribution in [0.3, 0.4) is 0 Å². The van der Waals surface area contributed by atoms with Crippen molar-refractivity contribution in [3.05, 3.63) is 28.7 Å². The van der Waals surface area contributed by atoms with Crippen LogP contribution >= 0.6 is 0 Å². The van der Waals surface area contributed by atoms with Crippen LogP contribution in [0.25, 0.3) is 11.0 Å². The molecule has 2 aromatic rings. The number of nitrogens with zero attached hydrogens (tertiary/aromatic N) is 3. The molecule has 1 saturated heterocycles. The van der Waals surface area contributed by atoms with Gasteiger partial charge in [-0.2, -0.15) is 0 Å². The van der Waals surface area contributed by atoms with Gasteiger partial charge in [-0.05, 0) is 37.6 Å². The van der Waals surface area contributed by atoms with Gasteiger partial charge in [0.05, 0.1) is 17.0 Å². The second-order valence-corrected chi connectivity index (χ2v) is 7.03. The molecule has 0 saturated carbocycles. The number of carbonyl (C=O) groups is 2. The standard InChI is InChI=1S/C18H26N6O3/c1-22-14-6-5-13(10-15(14)23(2)18(22)27)21-17(26)20-7-9-24-8-3-4-12(11-24)16(19)25/h5-6,10,12H,3-4,7-9,11H2,1-2H3,(H2,19,25)(H2,20,21,26).